The van der Waals surface area contributed by atoms with E-state index < -0.39 is 5.97 Å². The van der Waals surface area contributed by atoms with Crippen LogP contribution in [0.15, 0.2) is 47.4 Å². The first-order chi connectivity index (χ1) is 10.1. The van der Waals surface area contributed by atoms with Crippen molar-refractivity contribution in [3.05, 3.63) is 58.1 Å². The predicted octanol–water partition coefficient (Wildman–Crippen LogP) is 4.86. The van der Waals surface area contributed by atoms with Crippen LogP contribution in [0.4, 0.5) is 0 Å². The van der Waals surface area contributed by atoms with E-state index in [2.05, 4.69) is 0 Å². The summed E-state index contributed by atoms with van der Waals surface area (Å²) in [6.07, 6.45) is 0. The van der Waals surface area contributed by atoms with E-state index >= 15 is 0 Å². The molecule has 0 spiro atoms. The van der Waals surface area contributed by atoms with E-state index in [9.17, 15) is 4.79 Å². The first-order valence-corrected chi connectivity index (χ1v) is 7.85. The van der Waals surface area contributed by atoms with Crippen LogP contribution < -0.4 is 4.74 Å². The van der Waals surface area contributed by atoms with Gasteiger partial charge >= 0.3 is 5.97 Å². The fraction of sp³-hybridized carbons (Fsp3) is 0.133. The molecule has 0 unspecified atom stereocenters. The summed E-state index contributed by atoms with van der Waals surface area (Å²) in [7, 11) is 0. The Morgan fingerprint density at radius 1 is 1.10 bits per heavy atom. The van der Waals surface area contributed by atoms with E-state index in [1.807, 2.05) is 0 Å². The van der Waals surface area contributed by atoms with Crippen LogP contribution in [0.1, 0.15) is 10.4 Å². The lowest BCUT2D eigenvalue weighted by molar-refractivity contribution is 0.0693. The normalized spacial score (nSPS) is 10.4. The van der Waals surface area contributed by atoms with E-state index in [1.54, 1.807) is 42.5 Å². The molecule has 0 atom stereocenters. The van der Waals surface area contributed by atoms with Gasteiger partial charge in [-0.3, -0.25) is 0 Å². The largest absolute Gasteiger partial charge is 0.490 e. The molecule has 0 aliphatic heterocycles. The van der Waals surface area contributed by atoms with Crippen molar-refractivity contribution < 1.29 is 14.6 Å². The number of benzene rings is 2. The van der Waals surface area contributed by atoms with Crippen LogP contribution in [-0.4, -0.2) is 23.4 Å². The molecule has 0 aliphatic carbocycles. The lowest BCUT2D eigenvalue weighted by Crippen LogP contribution is -2.03. The molecule has 0 bridgehead atoms. The quantitative estimate of drug-likeness (QED) is 0.601. The third-order valence-corrected chi connectivity index (χ3v) is 4.26. The number of carboxylic acids is 1. The summed E-state index contributed by atoms with van der Waals surface area (Å²) >= 11 is 13.4. The number of carboxylic acid groups (broad SMARTS) is 1. The van der Waals surface area contributed by atoms with Crippen LogP contribution in [0.5, 0.6) is 5.75 Å². The zero-order chi connectivity index (χ0) is 15.2. The monoisotopic (exact) mass is 342 g/mol. The smallest absolute Gasteiger partial charge is 0.336 e. The van der Waals surface area contributed by atoms with Gasteiger partial charge in [-0.05, 0) is 24.3 Å². The number of carbonyl (C=O) groups is 1. The maximum atomic E-state index is 11.1. The minimum atomic E-state index is -0.937. The molecule has 2 aromatic carbocycles. The molecule has 6 heteroatoms. The zero-order valence-corrected chi connectivity index (χ0v) is 13.2. The Morgan fingerprint density at radius 3 is 2.43 bits per heavy atom. The first kappa shape index (κ1) is 16.0. The molecular formula is C15H12Cl2O3S. The highest BCUT2D eigenvalue weighted by molar-refractivity contribution is 7.99. The molecular weight excluding hydrogens is 331 g/mol. The molecule has 110 valence electrons. The Bertz CT molecular complexity index is 626. The molecule has 2 aromatic rings. The number of hydrogen-bond donors (Lipinski definition) is 1. The molecule has 0 amide bonds. The summed E-state index contributed by atoms with van der Waals surface area (Å²) in [6.45, 7) is 0.377. The predicted molar refractivity (Wildman–Crippen MR) is 86.1 cm³/mol. The highest BCUT2D eigenvalue weighted by Crippen LogP contribution is 2.32. The Balaban J connectivity index is 1.92. The molecule has 0 aliphatic rings. The van der Waals surface area contributed by atoms with Gasteiger partial charge in [-0.2, -0.15) is 0 Å². The fourth-order valence-corrected chi connectivity index (χ4v) is 3.06. The molecule has 0 heterocycles. The van der Waals surface area contributed by atoms with Crippen molar-refractivity contribution >= 4 is 40.9 Å². The number of para-hydroxylation sites is 1. The minimum Gasteiger partial charge on any atom is -0.490 e. The lowest BCUT2D eigenvalue weighted by Gasteiger charge is -2.10. The molecule has 2 rings (SSSR count). The van der Waals surface area contributed by atoms with Crippen molar-refractivity contribution in [2.75, 3.05) is 12.4 Å². The summed E-state index contributed by atoms with van der Waals surface area (Å²) in [5, 5.41) is 10.0. The van der Waals surface area contributed by atoms with Gasteiger partial charge < -0.3 is 9.84 Å². The topological polar surface area (TPSA) is 46.5 Å². The van der Waals surface area contributed by atoms with Gasteiger partial charge in [-0.1, -0.05) is 41.4 Å². The van der Waals surface area contributed by atoms with Crippen LogP contribution in [0.2, 0.25) is 10.0 Å². The van der Waals surface area contributed by atoms with Gasteiger partial charge in [0.05, 0.1) is 22.2 Å². The van der Waals surface area contributed by atoms with Gasteiger partial charge in [0.2, 0.25) is 0 Å². The summed E-state index contributed by atoms with van der Waals surface area (Å²) in [5.74, 6) is 0.104. The molecule has 3 nitrogen and oxygen atoms in total. The standard InChI is InChI=1S/C15H12Cl2O3S/c16-11-5-3-6-12(17)14(11)20-8-9-21-13-7-2-1-4-10(13)15(18)19/h1-7H,8-9H2,(H,18,19). The summed E-state index contributed by atoms with van der Waals surface area (Å²) in [6, 6.07) is 12.0. The summed E-state index contributed by atoms with van der Waals surface area (Å²) in [4.78, 5) is 11.8. The van der Waals surface area contributed by atoms with Crippen molar-refractivity contribution in [2.45, 2.75) is 4.90 Å². The van der Waals surface area contributed by atoms with E-state index in [0.29, 0.717) is 38.6 Å². The molecule has 0 saturated carbocycles. The van der Waals surface area contributed by atoms with E-state index in [1.165, 1.54) is 11.8 Å². The average molecular weight is 343 g/mol. The van der Waals surface area contributed by atoms with Crippen LogP contribution in [0, 0.1) is 0 Å². The Labute approximate surface area is 136 Å². The van der Waals surface area contributed by atoms with Gasteiger partial charge in [-0.15, -0.1) is 11.8 Å². The number of aromatic carboxylic acids is 1. The molecule has 0 aromatic heterocycles. The second-order valence-corrected chi connectivity index (χ2v) is 6.00. The van der Waals surface area contributed by atoms with Crippen molar-refractivity contribution in [3.63, 3.8) is 0 Å². The van der Waals surface area contributed by atoms with E-state index in [-0.39, 0.29) is 0 Å². The number of rotatable bonds is 6. The second kappa shape index (κ2) is 7.59. The van der Waals surface area contributed by atoms with Gasteiger partial charge in [-0.25, -0.2) is 4.79 Å². The maximum absolute atomic E-state index is 11.1. The van der Waals surface area contributed by atoms with Crippen molar-refractivity contribution in [1.29, 1.82) is 0 Å². The van der Waals surface area contributed by atoms with Gasteiger partial charge in [0.1, 0.15) is 0 Å². The second-order valence-electron chi connectivity index (χ2n) is 4.05. The van der Waals surface area contributed by atoms with Gasteiger partial charge in [0.15, 0.2) is 5.75 Å². The highest BCUT2D eigenvalue weighted by Gasteiger charge is 2.10. The molecule has 0 radical (unpaired) electrons. The number of hydrogen-bond acceptors (Lipinski definition) is 3. The van der Waals surface area contributed by atoms with E-state index in [0.717, 1.165) is 0 Å². The summed E-state index contributed by atoms with van der Waals surface area (Å²) < 4.78 is 5.56. The Hall–Kier alpha value is -1.36. The number of halogens is 2. The van der Waals surface area contributed by atoms with Crippen LogP contribution >= 0.6 is 35.0 Å². The van der Waals surface area contributed by atoms with Gasteiger partial charge in [0.25, 0.3) is 0 Å². The molecule has 0 saturated heterocycles. The SMILES string of the molecule is O=C(O)c1ccccc1SCCOc1c(Cl)cccc1Cl. The maximum Gasteiger partial charge on any atom is 0.336 e. The number of ether oxygens (including phenoxy) is 1. The first-order valence-electron chi connectivity index (χ1n) is 6.11. The average Bonchev–Trinajstić information content (AvgIpc) is 2.46. The third kappa shape index (κ3) is 4.30. The van der Waals surface area contributed by atoms with Gasteiger partial charge in [0, 0.05) is 10.6 Å². The van der Waals surface area contributed by atoms with Crippen molar-refractivity contribution in [2.24, 2.45) is 0 Å². The van der Waals surface area contributed by atoms with Crippen molar-refractivity contribution in [1.82, 2.24) is 0 Å². The third-order valence-electron chi connectivity index (χ3n) is 2.62. The molecule has 21 heavy (non-hydrogen) atoms. The molecule has 1 N–H and O–H groups in total. The van der Waals surface area contributed by atoms with Crippen LogP contribution in [0.3, 0.4) is 0 Å². The minimum absolute atomic E-state index is 0.290. The zero-order valence-electron chi connectivity index (χ0n) is 10.9. The lowest BCUT2D eigenvalue weighted by atomic mass is 10.2. The Kier molecular flexibility index (Phi) is 5.79. The Morgan fingerprint density at radius 2 is 1.76 bits per heavy atom. The van der Waals surface area contributed by atoms with E-state index in [4.69, 9.17) is 33.0 Å². The van der Waals surface area contributed by atoms with Crippen LogP contribution in [-0.2, 0) is 0 Å². The summed E-state index contributed by atoms with van der Waals surface area (Å²) in [5.41, 5.74) is 0.290. The van der Waals surface area contributed by atoms with Crippen molar-refractivity contribution in [3.8, 4) is 5.75 Å². The van der Waals surface area contributed by atoms with Crippen LogP contribution in [0.25, 0.3) is 0 Å². The highest BCUT2D eigenvalue weighted by atomic mass is 35.5. The molecule has 0 fully saturated rings. The number of thioether (sulfide) groups is 1. The fourth-order valence-electron chi connectivity index (χ4n) is 1.68.